The number of nitrogens with two attached hydrogens (primary N) is 1. The second kappa shape index (κ2) is 5.78. The fourth-order valence-electron chi connectivity index (χ4n) is 1.72. The number of rotatable bonds is 4. The molecule has 0 aliphatic heterocycles. The molecule has 18 heavy (non-hydrogen) atoms. The fraction of sp³-hybridized carbons (Fsp3) is 0.143. The molecule has 2 aromatic carbocycles. The highest BCUT2D eigenvalue weighted by Crippen LogP contribution is 2.25. The minimum Gasteiger partial charge on any atom is -0.496 e. The van der Waals surface area contributed by atoms with Crippen LogP contribution < -0.4 is 15.8 Å². The third-order valence-corrected chi connectivity index (χ3v) is 3.17. The number of hydrogen-bond acceptors (Lipinski definition) is 3. The van der Waals surface area contributed by atoms with Crippen molar-refractivity contribution < 1.29 is 4.74 Å². The Labute approximate surface area is 115 Å². The van der Waals surface area contributed by atoms with Gasteiger partial charge in [-0.25, -0.2) is 0 Å². The standard InChI is InChI=1S/C14H15BrN2O/c1-18-14-5-3-2-4-10(14)9-17-13-8-11(15)6-7-12(13)16/h2-8,17H,9,16H2,1H3. The van der Waals surface area contributed by atoms with E-state index in [1.54, 1.807) is 7.11 Å². The van der Waals surface area contributed by atoms with Gasteiger partial charge in [-0.05, 0) is 24.3 Å². The van der Waals surface area contributed by atoms with E-state index in [1.807, 2.05) is 42.5 Å². The second-order valence-electron chi connectivity index (χ2n) is 3.90. The van der Waals surface area contributed by atoms with Gasteiger partial charge in [0.1, 0.15) is 5.75 Å². The Bertz CT molecular complexity index is 543. The second-order valence-corrected chi connectivity index (χ2v) is 4.81. The Hall–Kier alpha value is -1.68. The maximum Gasteiger partial charge on any atom is 0.123 e. The molecule has 2 rings (SSSR count). The van der Waals surface area contributed by atoms with Gasteiger partial charge < -0.3 is 15.8 Å². The molecule has 94 valence electrons. The van der Waals surface area contributed by atoms with E-state index in [0.29, 0.717) is 6.54 Å². The maximum atomic E-state index is 5.91. The van der Waals surface area contributed by atoms with Gasteiger partial charge >= 0.3 is 0 Å². The monoisotopic (exact) mass is 306 g/mol. The van der Waals surface area contributed by atoms with Crippen LogP contribution in [-0.2, 0) is 6.54 Å². The van der Waals surface area contributed by atoms with E-state index < -0.39 is 0 Å². The highest BCUT2D eigenvalue weighted by molar-refractivity contribution is 9.10. The normalized spacial score (nSPS) is 10.1. The SMILES string of the molecule is COc1ccccc1CNc1cc(Br)ccc1N. The largest absolute Gasteiger partial charge is 0.496 e. The number of nitrogens with one attached hydrogen (secondary N) is 1. The molecule has 0 saturated heterocycles. The summed E-state index contributed by atoms with van der Waals surface area (Å²) in [6, 6.07) is 13.7. The Balaban J connectivity index is 2.14. The van der Waals surface area contributed by atoms with Crippen molar-refractivity contribution in [2.45, 2.75) is 6.54 Å². The van der Waals surface area contributed by atoms with Gasteiger partial charge in [0, 0.05) is 16.6 Å². The van der Waals surface area contributed by atoms with Crippen molar-refractivity contribution in [3.63, 3.8) is 0 Å². The van der Waals surface area contributed by atoms with Crippen molar-refractivity contribution in [2.75, 3.05) is 18.2 Å². The predicted octanol–water partition coefficient (Wildman–Crippen LogP) is 3.65. The summed E-state index contributed by atoms with van der Waals surface area (Å²) in [4.78, 5) is 0. The lowest BCUT2D eigenvalue weighted by Crippen LogP contribution is -2.03. The zero-order valence-electron chi connectivity index (χ0n) is 10.1. The van der Waals surface area contributed by atoms with Crippen molar-refractivity contribution in [3.8, 4) is 5.75 Å². The van der Waals surface area contributed by atoms with Crippen LogP contribution in [0, 0.1) is 0 Å². The number of para-hydroxylation sites is 1. The summed E-state index contributed by atoms with van der Waals surface area (Å²) in [5, 5.41) is 3.31. The van der Waals surface area contributed by atoms with Crippen LogP contribution in [-0.4, -0.2) is 7.11 Å². The average molecular weight is 307 g/mol. The van der Waals surface area contributed by atoms with Crippen molar-refractivity contribution in [1.82, 2.24) is 0 Å². The molecule has 0 spiro atoms. The smallest absolute Gasteiger partial charge is 0.123 e. The first kappa shape index (κ1) is 12.8. The molecular formula is C14H15BrN2O. The van der Waals surface area contributed by atoms with Crippen LogP contribution >= 0.6 is 15.9 Å². The number of halogens is 1. The van der Waals surface area contributed by atoms with Gasteiger partial charge in [-0.3, -0.25) is 0 Å². The van der Waals surface area contributed by atoms with Gasteiger partial charge in [-0.15, -0.1) is 0 Å². The van der Waals surface area contributed by atoms with Crippen molar-refractivity contribution >= 4 is 27.3 Å². The lowest BCUT2D eigenvalue weighted by Gasteiger charge is -2.12. The van der Waals surface area contributed by atoms with E-state index in [9.17, 15) is 0 Å². The molecule has 0 fully saturated rings. The van der Waals surface area contributed by atoms with Crippen LogP contribution in [0.3, 0.4) is 0 Å². The molecule has 0 saturated carbocycles. The summed E-state index contributed by atoms with van der Waals surface area (Å²) in [6.07, 6.45) is 0. The zero-order chi connectivity index (χ0) is 13.0. The number of nitrogen functional groups attached to an aromatic ring is 1. The maximum absolute atomic E-state index is 5.91. The molecule has 0 unspecified atom stereocenters. The summed E-state index contributed by atoms with van der Waals surface area (Å²) >= 11 is 3.43. The minimum atomic E-state index is 0.671. The number of methoxy groups -OCH3 is 1. The molecule has 0 amide bonds. The van der Waals surface area contributed by atoms with E-state index >= 15 is 0 Å². The van der Waals surface area contributed by atoms with E-state index in [1.165, 1.54) is 0 Å². The highest BCUT2D eigenvalue weighted by atomic mass is 79.9. The first-order valence-corrected chi connectivity index (χ1v) is 6.41. The van der Waals surface area contributed by atoms with E-state index in [-0.39, 0.29) is 0 Å². The Kier molecular flexibility index (Phi) is 4.10. The zero-order valence-corrected chi connectivity index (χ0v) is 11.7. The first-order chi connectivity index (χ1) is 8.70. The summed E-state index contributed by atoms with van der Waals surface area (Å²) in [5.41, 5.74) is 8.65. The lowest BCUT2D eigenvalue weighted by molar-refractivity contribution is 0.410. The van der Waals surface area contributed by atoms with Crippen molar-refractivity contribution in [2.24, 2.45) is 0 Å². The molecule has 4 heteroatoms. The van der Waals surface area contributed by atoms with Crippen LogP contribution in [0.25, 0.3) is 0 Å². The fourth-order valence-corrected chi connectivity index (χ4v) is 2.08. The highest BCUT2D eigenvalue weighted by Gasteiger charge is 2.03. The summed E-state index contributed by atoms with van der Waals surface area (Å²) in [6.45, 7) is 0.671. The van der Waals surface area contributed by atoms with E-state index in [4.69, 9.17) is 10.5 Å². The third kappa shape index (κ3) is 2.96. The minimum absolute atomic E-state index is 0.671. The number of benzene rings is 2. The quantitative estimate of drug-likeness (QED) is 0.848. The molecule has 0 aliphatic rings. The number of anilines is 2. The molecule has 0 aromatic heterocycles. The van der Waals surface area contributed by atoms with Gasteiger partial charge in [0.15, 0.2) is 0 Å². The molecule has 0 atom stereocenters. The van der Waals surface area contributed by atoms with Gasteiger partial charge in [0.25, 0.3) is 0 Å². The molecule has 0 heterocycles. The van der Waals surface area contributed by atoms with Gasteiger partial charge in [-0.2, -0.15) is 0 Å². The molecule has 3 N–H and O–H groups in total. The third-order valence-electron chi connectivity index (χ3n) is 2.68. The van der Waals surface area contributed by atoms with Gasteiger partial charge in [0.2, 0.25) is 0 Å². The van der Waals surface area contributed by atoms with Crippen LogP contribution in [0.2, 0.25) is 0 Å². The van der Waals surface area contributed by atoms with E-state index in [2.05, 4.69) is 21.2 Å². The molecule has 0 aliphatic carbocycles. The average Bonchev–Trinajstić information content (AvgIpc) is 2.40. The summed E-state index contributed by atoms with van der Waals surface area (Å²) in [5.74, 6) is 0.874. The Morgan fingerprint density at radius 2 is 2.00 bits per heavy atom. The molecule has 0 radical (unpaired) electrons. The summed E-state index contributed by atoms with van der Waals surface area (Å²) in [7, 11) is 1.67. The van der Waals surface area contributed by atoms with Crippen molar-refractivity contribution in [3.05, 3.63) is 52.5 Å². The van der Waals surface area contributed by atoms with Crippen LogP contribution in [0.5, 0.6) is 5.75 Å². The summed E-state index contributed by atoms with van der Waals surface area (Å²) < 4.78 is 6.31. The van der Waals surface area contributed by atoms with Gasteiger partial charge in [0.05, 0.1) is 18.5 Å². The van der Waals surface area contributed by atoms with E-state index in [0.717, 1.165) is 27.2 Å². The molecule has 3 nitrogen and oxygen atoms in total. The van der Waals surface area contributed by atoms with Crippen LogP contribution in [0.1, 0.15) is 5.56 Å². The Morgan fingerprint density at radius 3 is 2.78 bits per heavy atom. The van der Waals surface area contributed by atoms with Crippen LogP contribution in [0.4, 0.5) is 11.4 Å². The predicted molar refractivity (Wildman–Crippen MR) is 78.9 cm³/mol. The van der Waals surface area contributed by atoms with Crippen molar-refractivity contribution in [1.29, 1.82) is 0 Å². The number of hydrogen-bond donors (Lipinski definition) is 2. The topological polar surface area (TPSA) is 47.3 Å². The first-order valence-electron chi connectivity index (χ1n) is 5.61. The van der Waals surface area contributed by atoms with Crippen LogP contribution in [0.15, 0.2) is 46.9 Å². The lowest BCUT2D eigenvalue weighted by atomic mass is 10.2. The van der Waals surface area contributed by atoms with Gasteiger partial charge in [-0.1, -0.05) is 34.1 Å². The molecule has 0 bridgehead atoms. The molecular weight excluding hydrogens is 292 g/mol. The number of ether oxygens (including phenoxy) is 1. The Morgan fingerprint density at radius 1 is 1.22 bits per heavy atom. The molecule has 2 aromatic rings.